The molecule has 0 aliphatic carbocycles. The third-order valence-corrected chi connectivity index (χ3v) is 5.37. The zero-order valence-corrected chi connectivity index (χ0v) is 18.0. The van der Waals surface area contributed by atoms with Gasteiger partial charge in [-0.05, 0) is 32.8 Å². The Kier molecular flexibility index (Phi) is 6.04. The normalized spacial score (nSPS) is 15.9. The first-order valence-corrected chi connectivity index (χ1v) is 10.5. The van der Waals surface area contributed by atoms with E-state index in [0.717, 1.165) is 23.0 Å². The number of benzene rings is 1. The van der Waals surface area contributed by atoms with Gasteiger partial charge in [0.15, 0.2) is 17.2 Å². The van der Waals surface area contributed by atoms with Crippen LogP contribution < -0.4 is 11.4 Å². The summed E-state index contributed by atoms with van der Waals surface area (Å²) in [6, 6.07) is 7.48. The number of carbonyl (C=O) groups excluding carboxylic acids is 2. The number of fused-ring (bicyclic) bond motifs is 1. The number of esters is 1. The number of rotatable bonds is 7. The Hall–Kier alpha value is -3.53. The molecule has 1 amide bonds. The number of hydrogen-bond acceptors (Lipinski definition) is 7. The molecule has 4 rings (SSSR count). The number of amides is 1. The molecule has 0 bridgehead atoms. The first-order valence-electron chi connectivity index (χ1n) is 10.5. The van der Waals surface area contributed by atoms with Crippen molar-refractivity contribution in [2.75, 3.05) is 13.2 Å². The maximum atomic E-state index is 13.3. The van der Waals surface area contributed by atoms with Crippen LogP contribution in [-0.4, -0.2) is 50.3 Å². The van der Waals surface area contributed by atoms with Crippen LogP contribution in [0.2, 0.25) is 0 Å². The van der Waals surface area contributed by atoms with Gasteiger partial charge in [0, 0.05) is 12.2 Å². The van der Waals surface area contributed by atoms with Crippen LogP contribution in [0.3, 0.4) is 0 Å². The van der Waals surface area contributed by atoms with Crippen LogP contribution >= 0.6 is 0 Å². The Bertz CT molecular complexity index is 1240. The monoisotopic (exact) mass is 439 g/mol. The summed E-state index contributed by atoms with van der Waals surface area (Å²) in [6.45, 7) is 4.26. The quantitative estimate of drug-likeness (QED) is 0.551. The van der Waals surface area contributed by atoms with E-state index in [2.05, 4.69) is 9.97 Å². The molecular formula is C22H25N5O5. The Labute approximate surface area is 184 Å². The fourth-order valence-corrected chi connectivity index (χ4v) is 3.94. The van der Waals surface area contributed by atoms with Gasteiger partial charge in [-0.1, -0.05) is 23.8 Å². The molecule has 0 spiro atoms. The molecule has 168 valence electrons. The van der Waals surface area contributed by atoms with Crippen molar-refractivity contribution in [3.05, 3.63) is 46.0 Å². The second-order valence-electron chi connectivity index (χ2n) is 7.72. The lowest BCUT2D eigenvalue weighted by atomic mass is 10.1. The summed E-state index contributed by atoms with van der Waals surface area (Å²) < 4.78 is 13.3. The van der Waals surface area contributed by atoms with Gasteiger partial charge < -0.3 is 15.2 Å². The van der Waals surface area contributed by atoms with Crippen LogP contribution in [0.1, 0.15) is 35.8 Å². The number of primary amides is 1. The van der Waals surface area contributed by atoms with Crippen LogP contribution in [0.4, 0.5) is 0 Å². The molecule has 2 N–H and O–H groups in total. The Morgan fingerprint density at radius 3 is 2.75 bits per heavy atom. The van der Waals surface area contributed by atoms with Crippen molar-refractivity contribution in [3.63, 3.8) is 0 Å². The van der Waals surface area contributed by atoms with Gasteiger partial charge in [0.25, 0.3) is 5.91 Å². The lowest BCUT2D eigenvalue weighted by Gasteiger charge is -2.10. The molecule has 1 aromatic carbocycles. The highest BCUT2D eigenvalue weighted by atomic mass is 16.5. The average Bonchev–Trinajstić information content (AvgIpc) is 3.36. The number of ether oxygens (including phenoxy) is 2. The van der Waals surface area contributed by atoms with Crippen molar-refractivity contribution in [2.24, 2.45) is 5.73 Å². The topological polar surface area (TPSA) is 131 Å². The van der Waals surface area contributed by atoms with Gasteiger partial charge in [-0.2, -0.15) is 0 Å². The smallest absolute Gasteiger partial charge is 0.331 e. The maximum Gasteiger partial charge on any atom is 0.331 e. The van der Waals surface area contributed by atoms with Crippen LogP contribution in [-0.2, 0) is 27.4 Å². The minimum atomic E-state index is -0.821. The summed E-state index contributed by atoms with van der Waals surface area (Å²) >= 11 is 0. The molecular weight excluding hydrogens is 414 g/mol. The predicted molar refractivity (Wildman–Crippen MR) is 116 cm³/mol. The Morgan fingerprint density at radius 2 is 2.09 bits per heavy atom. The van der Waals surface area contributed by atoms with Gasteiger partial charge in [0.1, 0.15) is 12.1 Å². The maximum absolute atomic E-state index is 13.3. The van der Waals surface area contributed by atoms with Gasteiger partial charge in [0.2, 0.25) is 0 Å². The fourth-order valence-electron chi connectivity index (χ4n) is 3.94. The summed E-state index contributed by atoms with van der Waals surface area (Å²) in [6.07, 6.45) is 1.54. The summed E-state index contributed by atoms with van der Waals surface area (Å²) in [5, 5.41) is 0. The number of aromatic nitrogens is 4. The summed E-state index contributed by atoms with van der Waals surface area (Å²) in [4.78, 5) is 46.9. The molecule has 10 nitrogen and oxygen atoms in total. The van der Waals surface area contributed by atoms with E-state index in [9.17, 15) is 14.4 Å². The van der Waals surface area contributed by atoms with Crippen molar-refractivity contribution in [1.82, 2.24) is 19.1 Å². The van der Waals surface area contributed by atoms with Crippen molar-refractivity contribution >= 4 is 23.0 Å². The van der Waals surface area contributed by atoms with Crippen molar-refractivity contribution in [1.29, 1.82) is 0 Å². The van der Waals surface area contributed by atoms with Crippen LogP contribution in [0.15, 0.2) is 29.1 Å². The molecule has 1 fully saturated rings. The first kappa shape index (κ1) is 21.7. The van der Waals surface area contributed by atoms with Gasteiger partial charge in [-0.25, -0.2) is 14.8 Å². The largest absolute Gasteiger partial charge is 0.465 e. The standard InChI is InChI=1S/C22H25N5O5/c1-3-31-16(28)12-26-18-17(19(23)29)24-20(14-7-4-6-13(2)10-14)25-21(18)27(22(26)30)11-15-8-5-9-32-15/h4,6-7,10,15H,3,5,8-9,11-12H2,1-2H3,(H2,23,29)/t15-/m1/s1. The zero-order chi connectivity index (χ0) is 22.8. The van der Waals surface area contributed by atoms with Gasteiger partial charge in [0.05, 0.1) is 19.3 Å². The highest BCUT2D eigenvalue weighted by molar-refractivity contribution is 6.02. The van der Waals surface area contributed by atoms with Crippen molar-refractivity contribution < 1.29 is 19.1 Å². The van der Waals surface area contributed by atoms with E-state index in [1.807, 2.05) is 31.2 Å². The number of carbonyl (C=O) groups is 2. The molecule has 10 heteroatoms. The number of nitrogens with two attached hydrogens (primary N) is 1. The molecule has 3 heterocycles. The second kappa shape index (κ2) is 8.91. The fraction of sp³-hybridized carbons (Fsp3) is 0.409. The molecule has 1 aliphatic heterocycles. The molecule has 3 aromatic rings. The molecule has 1 atom stereocenters. The summed E-state index contributed by atoms with van der Waals surface area (Å²) in [7, 11) is 0. The van der Waals surface area contributed by atoms with E-state index in [1.54, 1.807) is 6.92 Å². The summed E-state index contributed by atoms with van der Waals surface area (Å²) in [5.74, 6) is -1.16. The molecule has 32 heavy (non-hydrogen) atoms. The predicted octanol–water partition coefficient (Wildman–Crippen LogP) is 1.41. The van der Waals surface area contributed by atoms with E-state index < -0.39 is 17.6 Å². The highest BCUT2D eigenvalue weighted by Crippen LogP contribution is 2.24. The first-order chi connectivity index (χ1) is 15.4. The Morgan fingerprint density at radius 1 is 1.28 bits per heavy atom. The molecule has 2 aromatic heterocycles. The zero-order valence-electron chi connectivity index (χ0n) is 18.0. The third-order valence-electron chi connectivity index (χ3n) is 5.37. The van der Waals surface area contributed by atoms with Crippen molar-refractivity contribution in [2.45, 2.75) is 45.9 Å². The number of hydrogen-bond donors (Lipinski definition) is 1. The lowest BCUT2D eigenvalue weighted by Crippen LogP contribution is -2.31. The van der Waals surface area contributed by atoms with Crippen molar-refractivity contribution in [3.8, 4) is 11.4 Å². The third kappa shape index (κ3) is 4.13. The average molecular weight is 439 g/mol. The molecule has 1 saturated heterocycles. The molecule has 0 unspecified atom stereocenters. The molecule has 1 aliphatic rings. The van der Waals surface area contributed by atoms with E-state index in [4.69, 9.17) is 15.2 Å². The van der Waals surface area contributed by atoms with E-state index >= 15 is 0 Å². The Balaban J connectivity index is 1.96. The minimum absolute atomic E-state index is 0.116. The van der Waals surface area contributed by atoms with E-state index in [1.165, 1.54) is 4.57 Å². The van der Waals surface area contributed by atoms with Gasteiger partial charge >= 0.3 is 11.7 Å². The number of imidazole rings is 1. The van der Waals surface area contributed by atoms with E-state index in [0.29, 0.717) is 12.2 Å². The SMILES string of the molecule is CCOC(=O)Cn1c(=O)n(C[C@H]2CCCO2)c2nc(-c3cccc(C)c3)nc(C(N)=O)c21. The number of nitrogens with zero attached hydrogens (tertiary/aromatic N) is 4. The lowest BCUT2D eigenvalue weighted by molar-refractivity contribution is -0.143. The van der Waals surface area contributed by atoms with Crippen LogP contribution in [0, 0.1) is 6.92 Å². The minimum Gasteiger partial charge on any atom is -0.465 e. The van der Waals surface area contributed by atoms with Crippen LogP contribution in [0.25, 0.3) is 22.6 Å². The van der Waals surface area contributed by atoms with E-state index in [-0.39, 0.29) is 48.5 Å². The highest BCUT2D eigenvalue weighted by Gasteiger charge is 2.27. The molecule has 0 saturated carbocycles. The number of aryl methyl sites for hydroxylation is 1. The van der Waals surface area contributed by atoms with Gasteiger partial charge in [-0.15, -0.1) is 0 Å². The van der Waals surface area contributed by atoms with Crippen LogP contribution in [0.5, 0.6) is 0 Å². The van der Waals surface area contributed by atoms with Gasteiger partial charge in [-0.3, -0.25) is 18.7 Å². The molecule has 0 radical (unpaired) electrons. The summed E-state index contributed by atoms with van der Waals surface area (Å²) in [5.41, 5.74) is 7.04. The second-order valence-corrected chi connectivity index (χ2v) is 7.72.